The monoisotopic (exact) mass is 302 g/mol. The normalized spacial score (nSPS) is 12.0. The molecule has 2 heterocycles. The van der Waals surface area contributed by atoms with E-state index < -0.39 is 0 Å². The Morgan fingerprint density at radius 1 is 1.05 bits per heavy atom. The molecule has 0 saturated heterocycles. The van der Waals surface area contributed by atoms with Gasteiger partial charge >= 0.3 is 0 Å². The van der Waals surface area contributed by atoms with Crippen LogP contribution in [0.3, 0.4) is 0 Å². The average molecular weight is 303 g/mol. The van der Waals surface area contributed by atoms with Gasteiger partial charge in [-0.05, 0) is 11.0 Å². The number of nitrogens with zero attached hydrogens (tertiary/aromatic N) is 2. The van der Waals surface area contributed by atoms with Gasteiger partial charge in [-0.25, -0.2) is 9.97 Å². The van der Waals surface area contributed by atoms with Gasteiger partial charge in [0.05, 0.1) is 5.39 Å². The van der Waals surface area contributed by atoms with E-state index in [0.29, 0.717) is 5.15 Å². The molecule has 4 heteroatoms. The van der Waals surface area contributed by atoms with E-state index >= 15 is 0 Å². The van der Waals surface area contributed by atoms with Crippen LogP contribution in [-0.4, -0.2) is 9.97 Å². The maximum Gasteiger partial charge on any atom is 0.141 e. The van der Waals surface area contributed by atoms with Crippen molar-refractivity contribution in [2.75, 3.05) is 0 Å². The van der Waals surface area contributed by atoms with Crippen LogP contribution in [-0.2, 0) is 5.41 Å². The standard InChI is InChI=1S/C16H15ClN2S/c1-16(2,3)13-11(10-7-5-4-6-8-10)12-14(17)18-9-19-15(12)20-13/h4-9H,1-3H3. The Kier molecular flexibility index (Phi) is 3.27. The molecule has 0 radical (unpaired) electrons. The molecule has 0 amide bonds. The Bertz CT molecular complexity index is 757. The highest BCUT2D eigenvalue weighted by Gasteiger charge is 2.25. The third kappa shape index (κ3) is 2.21. The second kappa shape index (κ2) is 4.83. The molecule has 0 spiro atoms. The highest BCUT2D eigenvalue weighted by molar-refractivity contribution is 7.19. The molecule has 102 valence electrons. The predicted octanol–water partition coefficient (Wildman–Crippen LogP) is 5.31. The lowest BCUT2D eigenvalue weighted by Crippen LogP contribution is -2.09. The van der Waals surface area contributed by atoms with Gasteiger partial charge in [-0.2, -0.15) is 0 Å². The van der Waals surface area contributed by atoms with Crippen LogP contribution in [0.5, 0.6) is 0 Å². The van der Waals surface area contributed by atoms with Crippen molar-refractivity contribution in [3.63, 3.8) is 0 Å². The number of hydrogen-bond donors (Lipinski definition) is 0. The average Bonchev–Trinajstić information content (AvgIpc) is 2.80. The van der Waals surface area contributed by atoms with Crippen LogP contribution in [0, 0.1) is 0 Å². The zero-order valence-corrected chi connectivity index (χ0v) is 13.2. The summed E-state index contributed by atoms with van der Waals surface area (Å²) < 4.78 is 0. The number of halogens is 1. The van der Waals surface area contributed by atoms with E-state index in [0.717, 1.165) is 10.2 Å². The summed E-state index contributed by atoms with van der Waals surface area (Å²) in [5.41, 5.74) is 2.38. The maximum absolute atomic E-state index is 6.33. The van der Waals surface area contributed by atoms with Crippen LogP contribution in [0.2, 0.25) is 5.15 Å². The molecule has 2 nitrogen and oxygen atoms in total. The van der Waals surface area contributed by atoms with Crippen LogP contribution in [0.4, 0.5) is 0 Å². The summed E-state index contributed by atoms with van der Waals surface area (Å²) in [5.74, 6) is 0. The molecule has 0 aliphatic carbocycles. The molecule has 0 aliphatic heterocycles. The zero-order valence-electron chi connectivity index (χ0n) is 11.6. The first-order chi connectivity index (χ1) is 9.48. The minimum absolute atomic E-state index is 0.0415. The second-order valence-corrected chi connectivity index (χ2v) is 7.12. The van der Waals surface area contributed by atoms with Crippen molar-refractivity contribution in [1.29, 1.82) is 0 Å². The van der Waals surface area contributed by atoms with Crippen molar-refractivity contribution in [3.05, 3.63) is 46.7 Å². The van der Waals surface area contributed by atoms with Gasteiger partial charge in [0.2, 0.25) is 0 Å². The number of benzene rings is 1. The third-order valence-corrected chi connectivity index (χ3v) is 5.00. The molecule has 1 aromatic carbocycles. The molecule has 3 rings (SSSR count). The molecule has 0 aliphatic rings. The highest BCUT2D eigenvalue weighted by atomic mass is 35.5. The molecule has 0 bridgehead atoms. The summed E-state index contributed by atoms with van der Waals surface area (Å²) in [5, 5.41) is 1.50. The zero-order chi connectivity index (χ0) is 14.3. The van der Waals surface area contributed by atoms with Crippen LogP contribution in [0.15, 0.2) is 36.7 Å². The minimum atomic E-state index is 0.0415. The summed E-state index contributed by atoms with van der Waals surface area (Å²) in [7, 11) is 0. The first kappa shape index (κ1) is 13.5. The fraction of sp³-hybridized carbons (Fsp3) is 0.250. The summed E-state index contributed by atoms with van der Waals surface area (Å²) in [6, 6.07) is 10.3. The Labute approximate surface area is 127 Å². The van der Waals surface area contributed by atoms with Gasteiger partial charge in [0, 0.05) is 10.4 Å². The van der Waals surface area contributed by atoms with Crippen LogP contribution < -0.4 is 0 Å². The highest BCUT2D eigenvalue weighted by Crippen LogP contribution is 2.45. The number of fused-ring (bicyclic) bond motifs is 1. The van der Waals surface area contributed by atoms with E-state index in [4.69, 9.17) is 11.6 Å². The largest absolute Gasteiger partial charge is 0.225 e. The molecular weight excluding hydrogens is 288 g/mol. The predicted molar refractivity (Wildman–Crippen MR) is 86.6 cm³/mol. The smallest absolute Gasteiger partial charge is 0.141 e. The maximum atomic E-state index is 6.33. The molecular formula is C16H15ClN2S. The first-order valence-corrected chi connectivity index (χ1v) is 7.67. The molecule has 2 aromatic heterocycles. The Hall–Kier alpha value is -1.45. The van der Waals surface area contributed by atoms with Crippen LogP contribution in [0.1, 0.15) is 25.6 Å². The van der Waals surface area contributed by atoms with Crippen molar-refractivity contribution in [1.82, 2.24) is 9.97 Å². The summed E-state index contributed by atoms with van der Waals surface area (Å²) in [6.07, 6.45) is 1.53. The van der Waals surface area contributed by atoms with Gasteiger partial charge in [0.1, 0.15) is 16.3 Å². The topological polar surface area (TPSA) is 25.8 Å². The minimum Gasteiger partial charge on any atom is -0.225 e. The van der Waals surface area contributed by atoms with Gasteiger partial charge in [-0.15, -0.1) is 11.3 Å². The van der Waals surface area contributed by atoms with Crippen molar-refractivity contribution in [3.8, 4) is 11.1 Å². The Morgan fingerprint density at radius 3 is 2.40 bits per heavy atom. The van der Waals surface area contributed by atoms with Crippen molar-refractivity contribution in [2.45, 2.75) is 26.2 Å². The summed E-state index contributed by atoms with van der Waals surface area (Å²) in [6.45, 7) is 6.64. The van der Waals surface area contributed by atoms with Gasteiger partial charge in [0.15, 0.2) is 0 Å². The first-order valence-electron chi connectivity index (χ1n) is 6.47. The van der Waals surface area contributed by atoms with Crippen molar-refractivity contribution >= 4 is 33.2 Å². The van der Waals surface area contributed by atoms with E-state index in [1.807, 2.05) is 18.2 Å². The quantitative estimate of drug-likeness (QED) is 0.569. The fourth-order valence-corrected chi connectivity index (χ4v) is 3.81. The molecule has 20 heavy (non-hydrogen) atoms. The van der Waals surface area contributed by atoms with E-state index in [9.17, 15) is 0 Å². The Balaban J connectivity index is 2.43. The molecule has 0 saturated carbocycles. The van der Waals surface area contributed by atoms with Crippen LogP contribution >= 0.6 is 22.9 Å². The van der Waals surface area contributed by atoms with Gasteiger partial charge < -0.3 is 0 Å². The molecule has 0 atom stereocenters. The lowest BCUT2D eigenvalue weighted by molar-refractivity contribution is 0.606. The fourth-order valence-electron chi connectivity index (χ4n) is 2.31. The summed E-state index contributed by atoms with van der Waals surface area (Å²) in [4.78, 5) is 10.8. The molecule has 0 fully saturated rings. The Morgan fingerprint density at radius 2 is 1.75 bits per heavy atom. The van der Waals surface area contributed by atoms with Gasteiger partial charge in [-0.3, -0.25) is 0 Å². The molecule has 3 aromatic rings. The molecule has 0 unspecified atom stereocenters. The van der Waals surface area contributed by atoms with Gasteiger partial charge in [-0.1, -0.05) is 62.7 Å². The van der Waals surface area contributed by atoms with Crippen LogP contribution in [0.25, 0.3) is 21.3 Å². The second-order valence-electron chi connectivity index (χ2n) is 5.77. The lowest BCUT2D eigenvalue weighted by atomic mass is 9.88. The number of aromatic nitrogens is 2. The van der Waals surface area contributed by atoms with E-state index in [1.165, 1.54) is 22.3 Å². The van der Waals surface area contributed by atoms with E-state index in [1.54, 1.807) is 11.3 Å². The van der Waals surface area contributed by atoms with Crippen molar-refractivity contribution < 1.29 is 0 Å². The molecule has 0 N–H and O–H groups in total. The van der Waals surface area contributed by atoms with Crippen molar-refractivity contribution in [2.24, 2.45) is 0 Å². The number of thiophene rings is 1. The third-order valence-electron chi connectivity index (χ3n) is 3.19. The number of hydrogen-bond acceptors (Lipinski definition) is 3. The van der Waals surface area contributed by atoms with E-state index in [-0.39, 0.29) is 5.41 Å². The SMILES string of the molecule is CC(C)(C)c1sc2ncnc(Cl)c2c1-c1ccccc1. The number of rotatable bonds is 1. The summed E-state index contributed by atoms with van der Waals surface area (Å²) >= 11 is 8.04. The van der Waals surface area contributed by atoms with Gasteiger partial charge in [0.25, 0.3) is 0 Å². The van der Waals surface area contributed by atoms with E-state index in [2.05, 4.69) is 42.9 Å². The lowest BCUT2D eigenvalue weighted by Gasteiger charge is -2.19.